The van der Waals surface area contributed by atoms with Crippen LogP contribution >= 0.6 is 11.6 Å². The molecule has 10 nitrogen and oxygen atoms in total. The van der Waals surface area contributed by atoms with Crippen molar-refractivity contribution >= 4 is 27.3 Å². The molecule has 0 N–H and O–H groups in total. The topological polar surface area (TPSA) is 120 Å². The molecule has 0 fully saturated rings. The van der Waals surface area contributed by atoms with Gasteiger partial charge in [0.1, 0.15) is 6.33 Å². The van der Waals surface area contributed by atoms with Crippen molar-refractivity contribution in [2.75, 3.05) is 7.05 Å². The summed E-state index contributed by atoms with van der Waals surface area (Å²) < 4.78 is 64.7. The van der Waals surface area contributed by atoms with Crippen LogP contribution in [-0.2, 0) is 16.9 Å². The number of hydrogen-bond acceptors (Lipinski definition) is 7. The normalized spacial score (nSPS) is 13.1. The Bertz CT molecular complexity index is 1390. The number of alkyl halides is 3. The van der Waals surface area contributed by atoms with Crippen LogP contribution < -0.4 is 5.56 Å². The molecule has 0 radical (unpaired) electrons. The Hall–Kier alpha value is -3.26. The highest BCUT2D eigenvalue weighted by atomic mass is 35.5. The number of amides is 1. The third-order valence-corrected chi connectivity index (χ3v) is 6.43. The molecule has 0 aliphatic heterocycles. The zero-order valence-corrected chi connectivity index (χ0v) is 18.9. The van der Waals surface area contributed by atoms with Crippen LogP contribution in [0.25, 0.3) is 5.82 Å². The highest BCUT2D eigenvalue weighted by Gasteiger charge is 2.47. The van der Waals surface area contributed by atoms with E-state index >= 15 is 0 Å². The zero-order chi connectivity index (χ0) is 24.7. The first kappa shape index (κ1) is 24.4. The predicted octanol–water partition coefficient (Wildman–Crippen LogP) is 2.14. The minimum Gasteiger partial charge on any atom is -0.332 e. The Morgan fingerprint density at radius 1 is 1.21 bits per heavy atom. The fourth-order valence-electron chi connectivity index (χ4n) is 2.84. The van der Waals surface area contributed by atoms with Gasteiger partial charge in [0, 0.05) is 30.7 Å². The minimum atomic E-state index is -5.71. The van der Waals surface area contributed by atoms with Crippen LogP contribution in [0.5, 0.6) is 0 Å². The van der Waals surface area contributed by atoms with Crippen molar-refractivity contribution in [3.63, 3.8) is 0 Å². The second-order valence-electron chi connectivity index (χ2n) is 6.90. The summed E-state index contributed by atoms with van der Waals surface area (Å²) in [4.78, 5) is 28.6. The Labute approximate surface area is 190 Å². The lowest BCUT2D eigenvalue weighted by atomic mass is 10.1. The Kier molecular flexibility index (Phi) is 6.35. The summed E-state index contributed by atoms with van der Waals surface area (Å²) in [5.74, 6) is -0.354. The maximum absolute atomic E-state index is 13.0. The molecule has 0 saturated heterocycles. The third kappa shape index (κ3) is 4.61. The summed E-state index contributed by atoms with van der Waals surface area (Å²) in [5.41, 5.74) is -6.28. The zero-order valence-electron chi connectivity index (χ0n) is 17.3. The van der Waals surface area contributed by atoms with Gasteiger partial charge in [0.25, 0.3) is 21.3 Å². The quantitative estimate of drug-likeness (QED) is 0.522. The summed E-state index contributed by atoms with van der Waals surface area (Å²) in [7, 11) is -2.93. The van der Waals surface area contributed by atoms with E-state index in [9.17, 15) is 31.2 Å². The van der Waals surface area contributed by atoms with Gasteiger partial charge in [-0.05, 0) is 31.2 Å². The number of halogens is 4. The molecule has 1 aromatic carbocycles. The van der Waals surface area contributed by atoms with Crippen molar-refractivity contribution in [1.29, 1.82) is 0 Å². The average Bonchev–Trinajstić information content (AvgIpc) is 3.22. The van der Waals surface area contributed by atoms with Crippen LogP contribution in [0.2, 0.25) is 5.02 Å². The minimum absolute atomic E-state index is 0.224. The number of sulfone groups is 1. The molecule has 3 aromatic rings. The first-order valence-electron chi connectivity index (χ1n) is 9.08. The van der Waals surface area contributed by atoms with Gasteiger partial charge in [0.05, 0.1) is 10.9 Å². The van der Waals surface area contributed by atoms with Gasteiger partial charge >= 0.3 is 5.51 Å². The maximum Gasteiger partial charge on any atom is 0.501 e. The third-order valence-electron chi connectivity index (χ3n) is 4.75. The van der Waals surface area contributed by atoms with E-state index in [-0.39, 0.29) is 27.8 Å². The van der Waals surface area contributed by atoms with Crippen LogP contribution in [0.4, 0.5) is 13.2 Å². The summed E-state index contributed by atoms with van der Waals surface area (Å²) >= 11 is 5.80. The van der Waals surface area contributed by atoms with Crippen molar-refractivity contribution in [3.8, 4) is 5.82 Å². The Morgan fingerprint density at radius 3 is 2.48 bits per heavy atom. The van der Waals surface area contributed by atoms with E-state index < -0.39 is 32.2 Å². The summed E-state index contributed by atoms with van der Waals surface area (Å²) in [6, 6.07) is 4.16. The molecule has 15 heteroatoms. The van der Waals surface area contributed by atoms with Crippen LogP contribution in [0, 0.1) is 0 Å². The molecule has 33 heavy (non-hydrogen) atoms. The van der Waals surface area contributed by atoms with Gasteiger partial charge in [0.2, 0.25) is 0 Å². The highest BCUT2D eigenvalue weighted by Crippen LogP contribution is 2.32. The fraction of sp³-hybridized carbons (Fsp3) is 0.278. The molecule has 176 valence electrons. The molecule has 2 heterocycles. The van der Waals surface area contributed by atoms with Crippen molar-refractivity contribution in [2.45, 2.75) is 23.4 Å². The van der Waals surface area contributed by atoms with E-state index in [1.807, 2.05) is 0 Å². The van der Waals surface area contributed by atoms with Crippen LogP contribution in [-0.4, -0.2) is 56.3 Å². The number of aryl methyl sites for hydroxylation is 1. The number of carbonyl (C=O) groups is 1. The molecule has 0 bridgehead atoms. The van der Waals surface area contributed by atoms with E-state index in [2.05, 4.69) is 15.2 Å². The molecular weight excluding hydrogens is 489 g/mol. The SMILES string of the molecule is C[C@@H](c1ncnn1-c1ccc(=O)n(C)n1)N(C)C(=O)c1cc(Cl)cc(S(=O)(=O)C(F)(F)F)c1. The van der Waals surface area contributed by atoms with E-state index in [4.69, 9.17) is 11.6 Å². The molecule has 0 unspecified atom stereocenters. The van der Waals surface area contributed by atoms with Gasteiger partial charge in [-0.3, -0.25) is 9.59 Å². The molecule has 0 saturated carbocycles. The van der Waals surface area contributed by atoms with Crippen molar-refractivity contribution in [3.05, 3.63) is 63.4 Å². The first-order chi connectivity index (χ1) is 15.2. The smallest absolute Gasteiger partial charge is 0.332 e. The lowest BCUT2D eigenvalue weighted by molar-refractivity contribution is -0.0436. The Balaban J connectivity index is 1.97. The van der Waals surface area contributed by atoms with E-state index in [1.165, 1.54) is 37.2 Å². The van der Waals surface area contributed by atoms with E-state index in [1.54, 1.807) is 6.92 Å². The molecule has 0 spiro atoms. The van der Waals surface area contributed by atoms with Crippen LogP contribution in [0.15, 0.2) is 46.3 Å². The van der Waals surface area contributed by atoms with Crippen molar-refractivity contribution in [2.24, 2.45) is 7.05 Å². The largest absolute Gasteiger partial charge is 0.501 e. The molecule has 1 atom stereocenters. The van der Waals surface area contributed by atoms with E-state index in [0.717, 1.165) is 15.6 Å². The number of rotatable bonds is 5. The molecule has 3 rings (SSSR count). The number of aromatic nitrogens is 5. The van der Waals surface area contributed by atoms with Gasteiger partial charge in [-0.2, -0.15) is 23.0 Å². The lowest BCUT2D eigenvalue weighted by Crippen LogP contribution is -2.32. The summed E-state index contributed by atoms with van der Waals surface area (Å²) in [6.07, 6.45) is 1.20. The van der Waals surface area contributed by atoms with Gasteiger partial charge in [0.15, 0.2) is 11.6 Å². The highest BCUT2D eigenvalue weighted by molar-refractivity contribution is 7.92. The fourth-order valence-corrected chi connectivity index (χ4v) is 3.97. The molecule has 1 amide bonds. The second-order valence-corrected chi connectivity index (χ2v) is 9.28. The van der Waals surface area contributed by atoms with Crippen molar-refractivity contribution < 1.29 is 26.4 Å². The van der Waals surface area contributed by atoms with Gasteiger partial charge in [-0.25, -0.2) is 18.1 Å². The monoisotopic (exact) mass is 504 g/mol. The summed E-state index contributed by atoms with van der Waals surface area (Å²) in [6.45, 7) is 1.57. The van der Waals surface area contributed by atoms with Gasteiger partial charge < -0.3 is 4.90 Å². The Morgan fingerprint density at radius 2 is 1.88 bits per heavy atom. The predicted molar refractivity (Wildman–Crippen MR) is 110 cm³/mol. The van der Waals surface area contributed by atoms with E-state index in [0.29, 0.717) is 12.1 Å². The average molecular weight is 505 g/mol. The van der Waals surface area contributed by atoms with Gasteiger partial charge in [-0.1, -0.05) is 11.6 Å². The molecule has 0 aliphatic carbocycles. The summed E-state index contributed by atoms with van der Waals surface area (Å²) in [5, 5.41) is 7.75. The van der Waals surface area contributed by atoms with Crippen molar-refractivity contribution in [1.82, 2.24) is 29.4 Å². The molecule has 0 aliphatic rings. The van der Waals surface area contributed by atoms with Gasteiger partial charge in [-0.15, -0.1) is 5.10 Å². The first-order valence-corrected chi connectivity index (χ1v) is 10.9. The van der Waals surface area contributed by atoms with Crippen LogP contribution in [0.3, 0.4) is 0 Å². The second kappa shape index (κ2) is 8.59. The number of carbonyl (C=O) groups excluding carboxylic acids is 1. The number of nitrogens with zero attached hydrogens (tertiary/aromatic N) is 6. The van der Waals surface area contributed by atoms with Crippen LogP contribution in [0.1, 0.15) is 29.1 Å². The standard InChI is InChI=1S/C18H16ClF3N6O4S/c1-10(16-23-9-24-28(16)14-4-5-15(29)27(3)25-14)26(2)17(30)11-6-12(19)8-13(7-11)33(31,32)18(20,21)22/h4-10H,1-3H3/t10-/m0/s1. The molecule has 2 aromatic heterocycles. The number of benzene rings is 1. The molecular formula is C18H16ClF3N6O4S. The lowest BCUT2D eigenvalue weighted by Gasteiger charge is -2.25. The number of hydrogen-bond donors (Lipinski definition) is 0. The maximum atomic E-state index is 13.0.